The van der Waals surface area contributed by atoms with Gasteiger partial charge in [0, 0.05) is 17.1 Å². The van der Waals surface area contributed by atoms with Crippen LogP contribution in [0, 0.1) is 0 Å². The number of esters is 1. The predicted molar refractivity (Wildman–Crippen MR) is 86.4 cm³/mol. The molecule has 22 heavy (non-hydrogen) atoms. The molecule has 1 fully saturated rings. The molecular weight excluding hydrogens is 302 g/mol. The molecule has 1 amide bonds. The van der Waals surface area contributed by atoms with Crippen LogP contribution in [0.2, 0.25) is 5.02 Å². The molecule has 118 valence electrons. The summed E-state index contributed by atoms with van der Waals surface area (Å²) >= 11 is 5.79. The minimum atomic E-state index is -0.789. The molecule has 4 nitrogen and oxygen atoms in total. The summed E-state index contributed by atoms with van der Waals surface area (Å²) in [5.41, 5.74) is 0.837. The van der Waals surface area contributed by atoms with Crippen molar-refractivity contribution in [1.29, 1.82) is 0 Å². The summed E-state index contributed by atoms with van der Waals surface area (Å²) in [4.78, 5) is 23.6. The van der Waals surface area contributed by atoms with Crippen LogP contribution in [0.1, 0.15) is 38.2 Å². The molecule has 0 bridgehead atoms. The Morgan fingerprint density at radius 2 is 1.91 bits per heavy atom. The first kappa shape index (κ1) is 16.6. The summed E-state index contributed by atoms with van der Waals surface area (Å²) in [6.45, 7) is 1.58. The molecule has 1 unspecified atom stereocenters. The first-order valence-electron chi connectivity index (χ1n) is 7.49. The maximum atomic E-state index is 11.9. The molecule has 0 radical (unpaired) electrons. The molecule has 5 heteroatoms. The van der Waals surface area contributed by atoms with Gasteiger partial charge in [0.05, 0.1) is 0 Å². The fourth-order valence-electron chi connectivity index (χ4n) is 2.39. The summed E-state index contributed by atoms with van der Waals surface area (Å²) in [7, 11) is 0. The smallest absolute Gasteiger partial charge is 0.331 e. The van der Waals surface area contributed by atoms with E-state index < -0.39 is 12.1 Å². The van der Waals surface area contributed by atoms with E-state index >= 15 is 0 Å². The second-order valence-corrected chi connectivity index (χ2v) is 5.89. The molecule has 1 N–H and O–H groups in total. The first-order valence-corrected chi connectivity index (χ1v) is 7.87. The second-order valence-electron chi connectivity index (χ2n) is 5.45. The fourth-order valence-corrected chi connectivity index (χ4v) is 2.52. The van der Waals surface area contributed by atoms with Gasteiger partial charge in [-0.1, -0.05) is 36.6 Å². The first-order chi connectivity index (χ1) is 10.5. The van der Waals surface area contributed by atoms with Gasteiger partial charge in [-0.25, -0.2) is 4.79 Å². The van der Waals surface area contributed by atoms with E-state index in [1.165, 1.54) is 6.08 Å². The molecule has 0 aliphatic heterocycles. The van der Waals surface area contributed by atoms with Crippen LogP contribution in [0.3, 0.4) is 0 Å². The molecule has 2 rings (SSSR count). The van der Waals surface area contributed by atoms with Crippen molar-refractivity contribution in [2.45, 2.75) is 44.8 Å². The maximum Gasteiger partial charge on any atom is 0.331 e. The number of nitrogens with one attached hydrogen (secondary N) is 1. The number of amides is 1. The van der Waals surface area contributed by atoms with Gasteiger partial charge in [0.1, 0.15) is 0 Å². The third-order valence-corrected chi connectivity index (χ3v) is 3.90. The number of hydrogen-bond acceptors (Lipinski definition) is 3. The van der Waals surface area contributed by atoms with E-state index in [0.29, 0.717) is 5.02 Å². The summed E-state index contributed by atoms with van der Waals surface area (Å²) in [6, 6.07) is 7.29. The SMILES string of the molecule is CC(OC(=O)/C=C/c1ccc(Cl)cc1)C(=O)NC1CCCC1. The van der Waals surface area contributed by atoms with E-state index in [1.54, 1.807) is 37.3 Å². The highest BCUT2D eigenvalue weighted by molar-refractivity contribution is 6.30. The molecule has 1 saturated carbocycles. The number of rotatable bonds is 5. The van der Waals surface area contributed by atoms with Crippen LogP contribution in [-0.4, -0.2) is 24.0 Å². The van der Waals surface area contributed by atoms with Gasteiger partial charge in [-0.15, -0.1) is 0 Å². The number of carbonyl (C=O) groups is 2. The van der Waals surface area contributed by atoms with Gasteiger partial charge in [0.2, 0.25) is 0 Å². The summed E-state index contributed by atoms with van der Waals surface area (Å²) in [5.74, 6) is -0.774. The largest absolute Gasteiger partial charge is 0.449 e. The van der Waals surface area contributed by atoms with Gasteiger partial charge in [-0.2, -0.15) is 0 Å². The zero-order chi connectivity index (χ0) is 15.9. The number of hydrogen-bond donors (Lipinski definition) is 1. The van der Waals surface area contributed by atoms with Crippen molar-refractivity contribution in [2.75, 3.05) is 0 Å². The normalized spacial score (nSPS) is 16.6. The second kappa shape index (κ2) is 7.99. The zero-order valence-corrected chi connectivity index (χ0v) is 13.3. The molecule has 0 spiro atoms. The average molecular weight is 322 g/mol. The zero-order valence-electron chi connectivity index (χ0n) is 12.5. The van der Waals surface area contributed by atoms with Crippen LogP contribution in [0.5, 0.6) is 0 Å². The standard InChI is InChI=1S/C17H20ClNO3/c1-12(17(21)19-15-4-2-3-5-15)22-16(20)11-8-13-6-9-14(18)10-7-13/h6-12,15H,2-5H2,1H3,(H,19,21)/b11-8+. The molecule has 1 aromatic rings. The fraction of sp³-hybridized carbons (Fsp3) is 0.412. The average Bonchev–Trinajstić information content (AvgIpc) is 2.99. The van der Waals surface area contributed by atoms with Crippen LogP contribution < -0.4 is 5.32 Å². The van der Waals surface area contributed by atoms with Gasteiger partial charge in [0.15, 0.2) is 6.10 Å². The number of halogens is 1. The third-order valence-electron chi connectivity index (χ3n) is 3.65. The minimum absolute atomic E-state index is 0.221. The highest BCUT2D eigenvalue weighted by Gasteiger charge is 2.22. The molecule has 1 atom stereocenters. The van der Waals surface area contributed by atoms with Gasteiger partial charge >= 0.3 is 5.97 Å². The van der Waals surface area contributed by atoms with E-state index in [0.717, 1.165) is 31.2 Å². The lowest BCUT2D eigenvalue weighted by atomic mass is 10.2. The van der Waals surface area contributed by atoms with E-state index in [-0.39, 0.29) is 11.9 Å². The van der Waals surface area contributed by atoms with Gasteiger partial charge in [-0.3, -0.25) is 4.79 Å². The Balaban J connectivity index is 1.79. The van der Waals surface area contributed by atoms with Crippen molar-refractivity contribution < 1.29 is 14.3 Å². The molecule has 0 aromatic heterocycles. The van der Waals surface area contributed by atoms with Crippen molar-refractivity contribution in [1.82, 2.24) is 5.32 Å². The number of benzene rings is 1. The van der Waals surface area contributed by atoms with E-state index in [1.807, 2.05) is 0 Å². The highest BCUT2D eigenvalue weighted by Crippen LogP contribution is 2.17. The van der Waals surface area contributed by atoms with Crippen molar-refractivity contribution in [3.8, 4) is 0 Å². The van der Waals surface area contributed by atoms with Crippen LogP contribution >= 0.6 is 11.6 Å². The molecule has 1 aliphatic carbocycles. The van der Waals surface area contributed by atoms with Crippen LogP contribution in [0.25, 0.3) is 6.08 Å². The Morgan fingerprint density at radius 1 is 1.27 bits per heavy atom. The van der Waals surface area contributed by atoms with Crippen molar-refractivity contribution in [3.63, 3.8) is 0 Å². The van der Waals surface area contributed by atoms with Gasteiger partial charge in [-0.05, 0) is 43.5 Å². The number of ether oxygens (including phenoxy) is 1. The van der Waals surface area contributed by atoms with E-state index in [2.05, 4.69) is 5.32 Å². The van der Waals surface area contributed by atoms with Crippen molar-refractivity contribution in [2.24, 2.45) is 0 Å². The number of carbonyl (C=O) groups excluding carboxylic acids is 2. The predicted octanol–water partition coefficient (Wildman–Crippen LogP) is 3.34. The van der Waals surface area contributed by atoms with Gasteiger partial charge in [0.25, 0.3) is 5.91 Å². The topological polar surface area (TPSA) is 55.4 Å². The minimum Gasteiger partial charge on any atom is -0.449 e. The molecule has 1 aliphatic rings. The molecule has 0 heterocycles. The lowest BCUT2D eigenvalue weighted by molar-refractivity contribution is -0.150. The van der Waals surface area contributed by atoms with Crippen LogP contribution in [0.4, 0.5) is 0 Å². The van der Waals surface area contributed by atoms with E-state index in [9.17, 15) is 9.59 Å². The summed E-state index contributed by atoms with van der Waals surface area (Å²) < 4.78 is 5.10. The third kappa shape index (κ3) is 5.19. The van der Waals surface area contributed by atoms with Crippen molar-refractivity contribution >= 4 is 29.6 Å². The Kier molecular flexibility index (Phi) is 6.01. The molecule has 0 saturated heterocycles. The Hall–Kier alpha value is -1.81. The molecular formula is C17H20ClNO3. The lowest BCUT2D eigenvalue weighted by Gasteiger charge is -2.16. The van der Waals surface area contributed by atoms with Crippen LogP contribution in [-0.2, 0) is 14.3 Å². The van der Waals surface area contributed by atoms with Crippen LogP contribution in [0.15, 0.2) is 30.3 Å². The Bertz CT molecular complexity index is 548. The summed E-state index contributed by atoms with van der Waals surface area (Å²) in [6.07, 6.45) is 6.43. The Labute approximate surface area is 135 Å². The molecule has 1 aromatic carbocycles. The summed E-state index contributed by atoms with van der Waals surface area (Å²) in [5, 5.41) is 3.55. The highest BCUT2D eigenvalue weighted by atomic mass is 35.5. The monoisotopic (exact) mass is 321 g/mol. The van der Waals surface area contributed by atoms with Gasteiger partial charge < -0.3 is 10.1 Å². The van der Waals surface area contributed by atoms with E-state index in [4.69, 9.17) is 16.3 Å². The van der Waals surface area contributed by atoms with Crippen molar-refractivity contribution in [3.05, 3.63) is 40.9 Å². The maximum absolute atomic E-state index is 11.9. The lowest BCUT2D eigenvalue weighted by Crippen LogP contribution is -2.40. The Morgan fingerprint density at radius 3 is 2.55 bits per heavy atom. The quantitative estimate of drug-likeness (QED) is 0.668.